The van der Waals surface area contributed by atoms with Gasteiger partial charge in [-0.05, 0) is 48.4 Å². The predicted octanol–water partition coefficient (Wildman–Crippen LogP) is 4.39. The molecule has 0 amide bonds. The first kappa shape index (κ1) is 19.0. The van der Waals surface area contributed by atoms with E-state index in [1.54, 1.807) is 6.07 Å². The smallest absolute Gasteiger partial charge is 0.416 e. The Bertz CT molecular complexity index is 729. The highest BCUT2D eigenvalue weighted by atomic mass is 35.5. The molecule has 1 aliphatic heterocycles. The molecule has 0 saturated carbocycles. The second-order valence-electron chi connectivity index (χ2n) is 6.31. The maximum Gasteiger partial charge on any atom is 0.416 e. The van der Waals surface area contributed by atoms with Gasteiger partial charge in [0.2, 0.25) is 0 Å². The van der Waals surface area contributed by atoms with Crippen LogP contribution in [0.4, 0.5) is 13.2 Å². The van der Waals surface area contributed by atoms with Gasteiger partial charge in [-0.15, -0.1) is 0 Å². The third-order valence-corrected chi connectivity index (χ3v) is 4.70. The molecule has 0 spiro atoms. The van der Waals surface area contributed by atoms with Crippen molar-refractivity contribution in [1.82, 2.24) is 10.6 Å². The Balaban J connectivity index is 1.54. The van der Waals surface area contributed by atoms with Crippen LogP contribution in [0.3, 0.4) is 0 Å². The summed E-state index contributed by atoms with van der Waals surface area (Å²) < 4.78 is 43.3. The molecule has 0 aliphatic carbocycles. The van der Waals surface area contributed by atoms with E-state index in [1.165, 1.54) is 12.1 Å². The number of rotatable bonds is 6. The molecule has 2 aromatic carbocycles. The summed E-state index contributed by atoms with van der Waals surface area (Å²) in [5, 5.41) is 7.36. The summed E-state index contributed by atoms with van der Waals surface area (Å²) in [5.41, 5.74) is 0.979. The zero-order valence-electron chi connectivity index (χ0n) is 14.1. The van der Waals surface area contributed by atoms with Crippen LogP contribution in [-0.2, 0) is 19.3 Å². The molecule has 1 aliphatic rings. The van der Waals surface area contributed by atoms with Gasteiger partial charge in [-0.3, -0.25) is 0 Å². The standard InChI is InChI=1S/C19H20ClF3N2O/c20-18-9-17(6-3-14(18)10-25-16-7-8-24-11-16)26-12-13-1-4-15(5-2-13)19(21,22)23/h1-6,9,16,24-25H,7-8,10-12H2. The minimum Gasteiger partial charge on any atom is -0.489 e. The van der Waals surface area contributed by atoms with E-state index in [9.17, 15) is 13.2 Å². The lowest BCUT2D eigenvalue weighted by Gasteiger charge is -2.13. The van der Waals surface area contributed by atoms with Crippen molar-refractivity contribution in [2.45, 2.75) is 31.8 Å². The predicted molar refractivity (Wildman–Crippen MR) is 95.3 cm³/mol. The van der Waals surface area contributed by atoms with Crippen molar-refractivity contribution >= 4 is 11.6 Å². The van der Waals surface area contributed by atoms with Gasteiger partial charge in [0.1, 0.15) is 12.4 Å². The molecule has 7 heteroatoms. The molecular formula is C19H20ClF3N2O. The fourth-order valence-electron chi connectivity index (χ4n) is 2.80. The van der Waals surface area contributed by atoms with Crippen LogP contribution >= 0.6 is 11.6 Å². The summed E-state index contributed by atoms with van der Waals surface area (Å²) in [7, 11) is 0. The van der Waals surface area contributed by atoms with Crippen molar-refractivity contribution in [1.29, 1.82) is 0 Å². The number of benzene rings is 2. The van der Waals surface area contributed by atoms with E-state index in [2.05, 4.69) is 10.6 Å². The van der Waals surface area contributed by atoms with E-state index in [1.807, 2.05) is 12.1 Å². The Morgan fingerprint density at radius 3 is 2.54 bits per heavy atom. The highest BCUT2D eigenvalue weighted by molar-refractivity contribution is 6.31. The number of hydrogen-bond acceptors (Lipinski definition) is 3. The van der Waals surface area contributed by atoms with Gasteiger partial charge in [0, 0.05) is 24.2 Å². The van der Waals surface area contributed by atoms with Gasteiger partial charge in [-0.2, -0.15) is 13.2 Å². The van der Waals surface area contributed by atoms with Crippen molar-refractivity contribution in [3.05, 3.63) is 64.2 Å². The first-order valence-electron chi connectivity index (χ1n) is 8.43. The van der Waals surface area contributed by atoms with Crippen LogP contribution in [0.2, 0.25) is 5.02 Å². The van der Waals surface area contributed by atoms with E-state index >= 15 is 0 Å². The minimum absolute atomic E-state index is 0.180. The molecule has 1 unspecified atom stereocenters. The monoisotopic (exact) mass is 384 g/mol. The lowest BCUT2D eigenvalue weighted by Crippen LogP contribution is -2.30. The van der Waals surface area contributed by atoms with Crippen LogP contribution in [0, 0.1) is 0 Å². The van der Waals surface area contributed by atoms with Gasteiger partial charge in [0.15, 0.2) is 0 Å². The van der Waals surface area contributed by atoms with Crippen LogP contribution in [0.15, 0.2) is 42.5 Å². The number of alkyl halides is 3. The molecule has 1 atom stereocenters. The fourth-order valence-corrected chi connectivity index (χ4v) is 3.04. The summed E-state index contributed by atoms with van der Waals surface area (Å²) in [6.45, 7) is 2.86. The highest BCUT2D eigenvalue weighted by Gasteiger charge is 2.29. The van der Waals surface area contributed by atoms with Crippen LogP contribution in [-0.4, -0.2) is 19.1 Å². The average Bonchev–Trinajstić information content (AvgIpc) is 3.12. The SMILES string of the molecule is FC(F)(F)c1ccc(COc2ccc(CNC3CCNC3)c(Cl)c2)cc1. The molecule has 2 aromatic rings. The molecule has 1 saturated heterocycles. The first-order chi connectivity index (χ1) is 12.4. The van der Waals surface area contributed by atoms with Gasteiger partial charge in [-0.1, -0.05) is 29.8 Å². The number of halogens is 4. The van der Waals surface area contributed by atoms with Crippen LogP contribution in [0.1, 0.15) is 23.1 Å². The minimum atomic E-state index is -4.33. The summed E-state index contributed by atoms with van der Waals surface area (Å²) >= 11 is 6.31. The van der Waals surface area contributed by atoms with Crippen LogP contribution in [0.5, 0.6) is 5.75 Å². The van der Waals surface area contributed by atoms with E-state index in [4.69, 9.17) is 16.3 Å². The second-order valence-corrected chi connectivity index (χ2v) is 6.71. The molecule has 26 heavy (non-hydrogen) atoms. The Labute approximate surface area is 155 Å². The van der Waals surface area contributed by atoms with Gasteiger partial charge < -0.3 is 15.4 Å². The molecule has 0 radical (unpaired) electrons. The summed E-state index contributed by atoms with van der Waals surface area (Å²) in [5.74, 6) is 0.584. The van der Waals surface area contributed by atoms with Crippen LogP contribution < -0.4 is 15.4 Å². The molecule has 3 rings (SSSR count). The lowest BCUT2D eigenvalue weighted by molar-refractivity contribution is -0.137. The van der Waals surface area contributed by atoms with Gasteiger partial charge in [-0.25, -0.2) is 0 Å². The van der Waals surface area contributed by atoms with Gasteiger partial charge >= 0.3 is 6.18 Å². The molecule has 0 bridgehead atoms. The number of ether oxygens (including phenoxy) is 1. The van der Waals surface area contributed by atoms with Crippen molar-refractivity contribution in [3.8, 4) is 5.75 Å². The Morgan fingerprint density at radius 2 is 1.92 bits per heavy atom. The summed E-state index contributed by atoms with van der Waals surface area (Å²) in [6, 6.07) is 10.9. The molecule has 3 nitrogen and oxygen atoms in total. The molecule has 0 aromatic heterocycles. The Morgan fingerprint density at radius 1 is 1.15 bits per heavy atom. The quantitative estimate of drug-likeness (QED) is 0.775. The highest BCUT2D eigenvalue weighted by Crippen LogP contribution is 2.29. The third kappa shape index (κ3) is 5.13. The Kier molecular flexibility index (Phi) is 6.06. The molecule has 140 valence electrons. The van der Waals surface area contributed by atoms with Crippen molar-refractivity contribution in [2.24, 2.45) is 0 Å². The summed E-state index contributed by atoms with van der Waals surface area (Å²) in [4.78, 5) is 0. The van der Waals surface area contributed by atoms with Gasteiger partial charge in [0.25, 0.3) is 0 Å². The average molecular weight is 385 g/mol. The fraction of sp³-hybridized carbons (Fsp3) is 0.368. The topological polar surface area (TPSA) is 33.3 Å². The molecule has 2 N–H and O–H groups in total. The van der Waals surface area contributed by atoms with E-state index < -0.39 is 11.7 Å². The van der Waals surface area contributed by atoms with Crippen molar-refractivity contribution in [3.63, 3.8) is 0 Å². The first-order valence-corrected chi connectivity index (χ1v) is 8.81. The number of nitrogens with one attached hydrogen (secondary N) is 2. The zero-order valence-corrected chi connectivity index (χ0v) is 14.8. The summed E-state index contributed by atoms with van der Waals surface area (Å²) in [6.07, 6.45) is -3.22. The van der Waals surface area contributed by atoms with Crippen LogP contribution in [0.25, 0.3) is 0 Å². The zero-order chi connectivity index (χ0) is 18.6. The number of hydrogen-bond donors (Lipinski definition) is 2. The Hall–Kier alpha value is -1.76. The van der Waals surface area contributed by atoms with Crippen molar-refractivity contribution < 1.29 is 17.9 Å². The van der Waals surface area contributed by atoms with E-state index in [-0.39, 0.29) is 6.61 Å². The third-order valence-electron chi connectivity index (χ3n) is 4.35. The molecular weight excluding hydrogens is 365 g/mol. The normalized spacial score (nSPS) is 17.5. The van der Waals surface area contributed by atoms with Crippen molar-refractivity contribution in [2.75, 3.05) is 13.1 Å². The van der Waals surface area contributed by atoms with E-state index in [0.29, 0.717) is 28.9 Å². The van der Waals surface area contributed by atoms with E-state index in [0.717, 1.165) is 37.2 Å². The largest absolute Gasteiger partial charge is 0.489 e. The van der Waals surface area contributed by atoms with Gasteiger partial charge in [0.05, 0.1) is 5.56 Å². The maximum atomic E-state index is 12.6. The maximum absolute atomic E-state index is 12.6. The molecule has 1 heterocycles. The molecule has 1 fully saturated rings. The lowest BCUT2D eigenvalue weighted by atomic mass is 10.1. The second kappa shape index (κ2) is 8.29.